The highest BCUT2D eigenvalue weighted by Crippen LogP contribution is 2.20. The highest BCUT2D eigenvalue weighted by Gasteiger charge is 2.18. The molecule has 3 heteroatoms. The molecule has 0 spiro atoms. The van der Waals surface area contributed by atoms with Crippen molar-refractivity contribution in [1.82, 2.24) is 9.97 Å². The van der Waals surface area contributed by atoms with Crippen LogP contribution < -0.4 is 4.90 Å². The maximum absolute atomic E-state index is 4.50. The van der Waals surface area contributed by atoms with Crippen molar-refractivity contribution < 1.29 is 0 Å². The third-order valence-electron chi connectivity index (χ3n) is 3.09. The van der Waals surface area contributed by atoms with Gasteiger partial charge in [-0.3, -0.25) is 0 Å². The van der Waals surface area contributed by atoms with E-state index in [4.69, 9.17) is 0 Å². The van der Waals surface area contributed by atoms with Gasteiger partial charge in [0, 0.05) is 24.5 Å². The summed E-state index contributed by atoms with van der Waals surface area (Å²) in [6.45, 7) is 5.40. The van der Waals surface area contributed by atoms with Gasteiger partial charge in [-0.15, -0.1) is 0 Å². The lowest BCUT2D eigenvalue weighted by Gasteiger charge is -2.27. The summed E-state index contributed by atoms with van der Waals surface area (Å²) < 4.78 is 0. The van der Waals surface area contributed by atoms with E-state index >= 15 is 0 Å². The number of hydrogen-bond donors (Lipinski definition) is 0. The second kappa shape index (κ2) is 4.60. The predicted octanol–water partition coefficient (Wildman–Crippen LogP) is 2.55. The van der Waals surface area contributed by atoms with Gasteiger partial charge in [-0.05, 0) is 32.8 Å². The minimum absolute atomic E-state index is 0.578. The fraction of sp³-hybridized carbons (Fsp3) is 0.667. The van der Waals surface area contributed by atoms with E-state index in [-0.39, 0.29) is 0 Å². The average molecular weight is 205 g/mol. The Labute approximate surface area is 91.5 Å². The van der Waals surface area contributed by atoms with Crippen LogP contribution in [0.4, 0.5) is 5.95 Å². The molecule has 1 saturated heterocycles. The van der Waals surface area contributed by atoms with E-state index in [1.165, 1.54) is 25.7 Å². The molecule has 0 aliphatic carbocycles. The van der Waals surface area contributed by atoms with Gasteiger partial charge in [0.2, 0.25) is 5.95 Å². The Balaban J connectivity index is 2.20. The van der Waals surface area contributed by atoms with Crippen molar-refractivity contribution >= 4 is 5.95 Å². The summed E-state index contributed by atoms with van der Waals surface area (Å²) in [5.74, 6) is 0.907. The Bertz CT molecular complexity index is 324. The molecular formula is C12H19N3. The number of nitrogens with zero attached hydrogens (tertiary/aromatic N) is 3. The van der Waals surface area contributed by atoms with Gasteiger partial charge in [-0.25, -0.2) is 9.97 Å². The highest BCUT2D eigenvalue weighted by atomic mass is 15.3. The number of hydrogen-bond acceptors (Lipinski definition) is 3. The maximum atomic E-state index is 4.50. The maximum Gasteiger partial charge on any atom is 0.225 e. The molecule has 2 rings (SSSR count). The van der Waals surface area contributed by atoms with Crippen LogP contribution in [0.2, 0.25) is 0 Å². The first-order valence-electron chi connectivity index (χ1n) is 5.83. The Kier molecular flexibility index (Phi) is 3.19. The minimum atomic E-state index is 0.578. The third-order valence-corrected chi connectivity index (χ3v) is 3.09. The number of rotatable bonds is 1. The van der Waals surface area contributed by atoms with Crippen LogP contribution in [0, 0.1) is 6.92 Å². The molecule has 0 radical (unpaired) electrons. The number of aromatic nitrogens is 2. The van der Waals surface area contributed by atoms with Crippen LogP contribution in [0.3, 0.4) is 0 Å². The van der Waals surface area contributed by atoms with Crippen LogP contribution in [-0.4, -0.2) is 22.6 Å². The molecule has 1 aromatic rings. The van der Waals surface area contributed by atoms with Gasteiger partial charge in [0.15, 0.2) is 0 Å². The first kappa shape index (κ1) is 10.4. The van der Waals surface area contributed by atoms with Crippen molar-refractivity contribution in [2.75, 3.05) is 11.4 Å². The van der Waals surface area contributed by atoms with Gasteiger partial charge >= 0.3 is 0 Å². The Morgan fingerprint density at radius 1 is 1.33 bits per heavy atom. The molecule has 0 bridgehead atoms. The second-order valence-corrected chi connectivity index (χ2v) is 4.39. The zero-order valence-corrected chi connectivity index (χ0v) is 9.61. The Morgan fingerprint density at radius 2 is 2.20 bits per heavy atom. The smallest absolute Gasteiger partial charge is 0.225 e. The molecule has 0 amide bonds. The lowest BCUT2D eigenvalue weighted by molar-refractivity contribution is 0.604. The molecule has 0 aromatic carbocycles. The molecule has 0 saturated carbocycles. The summed E-state index contributed by atoms with van der Waals surface area (Å²) in [4.78, 5) is 11.2. The molecule has 1 fully saturated rings. The van der Waals surface area contributed by atoms with Gasteiger partial charge in [0.05, 0.1) is 0 Å². The zero-order chi connectivity index (χ0) is 10.7. The highest BCUT2D eigenvalue weighted by molar-refractivity contribution is 5.31. The fourth-order valence-electron chi connectivity index (χ4n) is 2.15. The molecule has 1 unspecified atom stereocenters. The van der Waals surface area contributed by atoms with Crippen molar-refractivity contribution in [3.63, 3.8) is 0 Å². The molecule has 1 aliphatic heterocycles. The molecule has 1 atom stereocenters. The monoisotopic (exact) mass is 205 g/mol. The van der Waals surface area contributed by atoms with Gasteiger partial charge < -0.3 is 4.90 Å². The first-order valence-corrected chi connectivity index (χ1v) is 5.83. The molecule has 82 valence electrons. The van der Waals surface area contributed by atoms with Crippen LogP contribution in [0.5, 0.6) is 0 Å². The fourth-order valence-corrected chi connectivity index (χ4v) is 2.15. The Morgan fingerprint density at radius 3 is 3.00 bits per heavy atom. The zero-order valence-electron chi connectivity index (χ0n) is 9.61. The van der Waals surface area contributed by atoms with Crippen LogP contribution in [-0.2, 0) is 0 Å². The third kappa shape index (κ3) is 2.46. The quantitative estimate of drug-likeness (QED) is 0.705. The van der Waals surface area contributed by atoms with Gasteiger partial charge in [0.25, 0.3) is 0 Å². The standard InChI is InChI=1S/C12H19N3/c1-10-7-8-13-12(14-10)15-9-5-3-4-6-11(15)2/h7-8,11H,3-6,9H2,1-2H3. The van der Waals surface area contributed by atoms with E-state index in [9.17, 15) is 0 Å². The van der Waals surface area contributed by atoms with E-state index in [0.29, 0.717) is 6.04 Å². The first-order chi connectivity index (χ1) is 7.27. The van der Waals surface area contributed by atoms with Gasteiger partial charge in [-0.1, -0.05) is 12.8 Å². The van der Waals surface area contributed by atoms with Crippen LogP contribution in [0.1, 0.15) is 38.3 Å². The molecule has 2 heterocycles. The van der Waals surface area contributed by atoms with Gasteiger partial charge in [0.1, 0.15) is 0 Å². The van der Waals surface area contributed by atoms with Crippen molar-refractivity contribution in [3.8, 4) is 0 Å². The molecule has 15 heavy (non-hydrogen) atoms. The largest absolute Gasteiger partial charge is 0.338 e. The summed E-state index contributed by atoms with van der Waals surface area (Å²) in [5, 5.41) is 0. The molecule has 1 aromatic heterocycles. The summed E-state index contributed by atoms with van der Waals surface area (Å²) in [6.07, 6.45) is 7.06. The SMILES string of the molecule is Cc1ccnc(N2CCCCCC2C)n1. The van der Waals surface area contributed by atoms with Crippen LogP contribution in [0.25, 0.3) is 0 Å². The molecule has 0 N–H and O–H groups in total. The van der Waals surface area contributed by atoms with E-state index in [2.05, 4.69) is 21.8 Å². The summed E-state index contributed by atoms with van der Waals surface area (Å²) in [5.41, 5.74) is 1.05. The van der Waals surface area contributed by atoms with E-state index in [0.717, 1.165) is 18.2 Å². The summed E-state index contributed by atoms with van der Waals surface area (Å²) in [7, 11) is 0. The van der Waals surface area contributed by atoms with Crippen molar-refractivity contribution in [2.24, 2.45) is 0 Å². The van der Waals surface area contributed by atoms with E-state index in [1.54, 1.807) is 0 Å². The lowest BCUT2D eigenvalue weighted by Crippen LogP contribution is -2.33. The van der Waals surface area contributed by atoms with Crippen molar-refractivity contribution in [1.29, 1.82) is 0 Å². The van der Waals surface area contributed by atoms with Crippen LogP contribution in [0.15, 0.2) is 12.3 Å². The average Bonchev–Trinajstić information content (AvgIpc) is 2.43. The second-order valence-electron chi connectivity index (χ2n) is 4.39. The number of aryl methyl sites for hydroxylation is 1. The van der Waals surface area contributed by atoms with Crippen molar-refractivity contribution in [3.05, 3.63) is 18.0 Å². The lowest BCUT2D eigenvalue weighted by atomic mass is 10.1. The van der Waals surface area contributed by atoms with E-state index in [1.807, 2.05) is 19.2 Å². The Hall–Kier alpha value is -1.12. The summed E-state index contributed by atoms with van der Waals surface area (Å²) in [6, 6.07) is 2.53. The van der Waals surface area contributed by atoms with Gasteiger partial charge in [-0.2, -0.15) is 0 Å². The topological polar surface area (TPSA) is 29.0 Å². The van der Waals surface area contributed by atoms with Crippen LogP contribution >= 0.6 is 0 Å². The summed E-state index contributed by atoms with van der Waals surface area (Å²) >= 11 is 0. The molecule has 1 aliphatic rings. The number of anilines is 1. The molecular weight excluding hydrogens is 186 g/mol. The minimum Gasteiger partial charge on any atom is -0.338 e. The van der Waals surface area contributed by atoms with Crippen molar-refractivity contribution in [2.45, 2.75) is 45.6 Å². The predicted molar refractivity (Wildman–Crippen MR) is 62.0 cm³/mol. The normalized spacial score (nSPS) is 22.5. The van der Waals surface area contributed by atoms with E-state index < -0.39 is 0 Å². The molecule has 3 nitrogen and oxygen atoms in total.